The van der Waals surface area contributed by atoms with Crippen molar-refractivity contribution in [3.05, 3.63) is 33.6 Å². The number of hydrogen-bond acceptors (Lipinski definition) is 4. The summed E-state index contributed by atoms with van der Waals surface area (Å²) in [5.74, 6) is 1.09. The number of nitrogens with one attached hydrogen (secondary N) is 1. The average Bonchev–Trinajstić information content (AvgIpc) is 2.82. The van der Waals surface area contributed by atoms with E-state index in [0.717, 1.165) is 29.4 Å². The predicted molar refractivity (Wildman–Crippen MR) is 74.7 cm³/mol. The van der Waals surface area contributed by atoms with Crippen molar-refractivity contribution in [2.24, 2.45) is 0 Å². The van der Waals surface area contributed by atoms with Crippen LogP contribution in [0.3, 0.4) is 0 Å². The standard InChI is InChI=1S/C12H13BrClN3O/c1-15-7-3-6-10-16-17-12(18-10)8-4-2-5-9(13)11(8)14/h2,4-5,15H,3,6-7H2,1H3. The first-order valence-electron chi connectivity index (χ1n) is 5.63. The number of nitrogens with zero attached hydrogens (tertiary/aromatic N) is 2. The van der Waals surface area contributed by atoms with E-state index in [9.17, 15) is 0 Å². The van der Waals surface area contributed by atoms with Gasteiger partial charge in [0.25, 0.3) is 0 Å². The summed E-state index contributed by atoms with van der Waals surface area (Å²) >= 11 is 9.55. The molecule has 1 aromatic carbocycles. The normalized spacial score (nSPS) is 10.8. The van der Waals surface area contributed by atoms with Crippen molar-refractivity contribution < 1.29 is 4.42 Å². The molecule has 4 nitrogen and oxygen atoms in total. The Morgan fingerprint density at radius 3 is 3.00 bits per heavy atom. The first-order valence-corrected chi connectivity index (χ1v) is 6.81. The maximum absolute atomic E-state index is 6.18. The Balaban J connectivity index is 2.16. The van der Waals surface area contributed by atoms with E-state index < -0.39 is 0 Å². The van der Waals surface area contributed by atoms with Crippen LogP contribution in [0.1, 0.15) is 12.3 Å². The Morgan fingerprint density at radius 2 is 2.22 bits per heavy atom. The minimum Gasteiger partial charge on any atom is -0.421 e. The van der Waals surface area contributed by atoms with Crippen molar-refractivity contribution in [3.8, 4) is 11.5 Å². The van der Waals surface area contributed by atoms with Gasteiger partial charge in [-0.05, 0) is 48.1 Å². The second-order valence-electron chi connectivity index (χ2n) is 3.81. The summed E-state index contributed by atoms with van der Waals surface area (Å²) in [4.78, 5) is 0. The summed E-state index contributed by atoms with van der Waals surface area (Å²) in [5, 5.41) is 11.7. The van der Waals surface area contributed by atoms with E-state index in [1.807, 2.05) is 25.2 Å². The topological polar surface area (TPSA) is 51.0 Å². The van der Waals surface area contributed by atoms with Crippen LogP contribution in [0.15, 0.2) is 27.1 Å². The largest absolute Gasteiger partial charge is 0.421 e. The SMILES string of the molecule is CNCCCc1nnc(-c2cccc(Br)c2Cl)o1. The number of aromatic nitrogens is 2. The third-order valence-corrected chi connectivity index (χ3v) is 3.76. The molecule has 0 spiro atoms. The molecule has 6 heteroatoms. The van der Waals surface area contributed by atoms with Crippen molar-refractivity contribution >= 4 is 27.5 Å². The fourth-order valence-electron chi connectivity index (χ4n) is 1.55. The lowest BCUT2D eigenvalue weighted by Gasteiger charge is -2.00. The van der Waals surface area contributed by atoms with Gasteiger partial charge in [0.2, 0.25) is 11.8 Å². The first-order chi connectivity index (χ1) is 8.72. The zero-order valence-electron chi connectivity index (χ0n) is 9.91. The molecule has 0 atom stereocenters. The smallest absolute Gasteiger partial charge is 0.249 e. The number of halogens is 2. The van der Waals surface area contributed by atoms with Gasteiger partial charge in [0.05, 0.1) is 10.6 Å². The van der Waals surface area contributed by atoms with Crippen LogP contribution in [0.5, 0.6) is 0 Å². The molecule has 0 unspecified atom stereocenters. The van der Waals surface area contributed by atoms with Gasteiger partial charge in [-0.1, -0.05) is 17.7 Å². The van der Waals surface area contributed by atoms with Crippen LogP contribution in [0, 0.1) is 0 Å². The lowest BCUT2D eigenvalue weighted by molar-refractivity contribution is 0.495. The van der Waals surface area contributed by atoms with Crippen LogP contribution in [0.2, 0.25) is 5.02 Å². The van der Waals surface area contributed by atoms with Crippen molar-refractivity contribution in [1.82, 2.24) is 15.5 Å². The zero-order chi connectivity index (χ0) is 13.0. The molecular formula is C12H13BrClN3O. The van der Waals surface area contributed by atoms with Crippen LogP contribution in [-0.4, -0.2) is 23.8 Å². The van der Waals surface area contributed by atoms with Gasteiger partial charge in [0.1, 0.15) is 0 Å². The van der Waals surface area contributed by atoms with Crippen LogP contribution in [-0.2, 0) is 6.42 Å². The molecule has 0 fully saturated rings. The van der Waals surface area contributed by atoms with Gasteiger partial charge in [-0.15, -0.1) is 10.2 Å². The highest BCUT2D eigenvalue weighted by Gasteiger charge is 2.13. The van der Waals surface area contributed by atoms with E-state index in [-0.39, 0.29) is 0 Å². The molecule has 1 heterocycles. The predicted octanol–water partition coefficient (Wildman–Crippen LogP) is 3.30. The fourth-order valence-corrected chi connectivity index (χ4v) is 2.12. The van der Waals surface area contributed by atoms with Crippen LogP contribution in [0.25, 0.3) is 11.5 Å². The molecule has 0 saturated carbocycles. The van der Waals surface area contributed by atoms with Crippen LogP contribution >= 0.6 is 27.5 Å². The van der Waals surface area contributed by atoms with E-state index in [2.05, 4.69) is 31.4 Å². The first kappa shape index (κ1) is 13.5. The van der Waals surface area contributed by atoms with E-state index in [1.165, 1.54) is 0 Å². The van der Waals surface area contributed by atoms with Crippen molar-refractivity contribution in [2.45, 2.75) is 12.8 Å². The summed E-state index contributed by atoms with van der Waals surface area (Å²) in [5.41, 5.74) is 0.749. The van der Waals surface area contributed by atoms with Gasteiger partial charge in [-0.2, -0.15) is 0 Å². The molecule has 0 saturated heterocycles. The second-order valence-corrected chi connectivity index (χ2v) is 5.04. The highest BCUT2D eigenvalue weighted by Crippen LogP contribution is 2.32. The maximum Gasteiger partial charge on any atom is 0.249 e. The van der Waals surface area contributed by atoms with Crippen molar-refractivity contribution in [1.29, 1.82) is 0 Å². The Bertz CT molecular complexity index is 530. The summed E-state index contributed by atoms with van der Waals surface area (Å²) in [7, 11) is 1.92. The van der Waals surface area contributed by atoms with Gasteiger partial charge >= 0.3 is 0 Å². The van der Waals surface area contributed by atoms with E-state index in [4.69, 9.17) is 16.0 Å². The van der Waals surface area contributed by atoms with Gasteiger partial charge in [-0.3, -0.25) is 0 Å². The second kappa shape index (κ2) is 6.31. The monoisotopic (exact) mass is 329 g/mol. The van der Waals surface area contributed by atoms with Gasteiger partial charge < -0.3 is 9.73 Å². The summed E-state index contributed by atoms with van der Waals surface area (Å²) in [6, 6.07) is 5.62. The number of benzene rings is 1. The molecule has 0 amide bonds. The highest BCUT2D eigenvalue weighted by molar-refractivity contribution is 9.10. The van der Waals surface area contributed by atoms with Crippen molar-refractivity contribution in [3.63, 3.8) is 0 Å². The molecule has 2 rings (SSSR count). The molecule has 2 aromatic rings. The maximum atomic E-state index is 6.18. The lowest BCUT2D eigenvalue weighted by atomic mass is 10.2. The molecule has 0 aliphatic carbocycles. The zero-order valence-corrected chi connectivity index (χ0v) is 12.3. The molecule has 0 bridgehead atoms. The van der Waals surface area contributed by atoms with Gasteiger partial charge in [-0.25, -0.2) is 0 Å². The molecule has 18 heavy (non-hydrogen) atoms. The Kier molecular flexibility index (Phi) is 4.74. The Labute approximate surface area is 119 Å². The van der Waals surface area contributed by atoms with E-state index in [1.54, 1.807) is 0 Å². The van der Waals surface area contributed by atoms with E-state index >= 15 is 0 Å². The number of hydrogen-bond donors (Lipinski definition) is 1. The minimum absolute atomic E-state index is 0.459. The lowest BCUT2D eigenvalue weighted by Crippen LogP contribution is -2.08. The molecule has 0 aliphatic heterocycles. The summed E-state index contributed by atoms with van der Waals surface area (Å²) < 4.78 is 6.41. The number of rotatable bonds is 5. The molecule has 0 aliphatic rings. The number of aryl methyl sites for hydroxylation is 1. The average molecular weight is 331 g/mol. The molecule has 96 valence electrons. The fraction of sp³-hybridized carbons (Fsp3) is 0.333. The van der Waals surface area contributed by atoms with Gasteiger partial charge in [0, 0.05) is 10.9 Å². The molecular weight excluding hydrogens is 318 g/mol. The third kappa shape index (κ3) is 3.10. The van der Waals surface area contributed by atoms with Crippen LogP contribution < -0.4 is 5.32 Å². The molecule has 1 N–H and O–H groups in total. The quantitative estimate of drug-likeness (QED) is 0.855. The van der Waals surface area contributed by atoms with Crippen molar-refractivity contribution in [2.75, 3.05) is 13.6 Å². The molecule has 1 aromatic heterocycles. The minimum atomic E-state index is 0.459. The Morgan fingerprint density at radius 1 is 1.39 bits per heavy atom. The summed E-state index contributed by atoms with van der Waals surface area (Å²) in [6.45, 7) is 0.926. The van der Waals surface area contributed by atoms with Gasteiger partial charge in [0.15, 0.2) is 0 Å². The Hall–Kier alpha value is -0.910. The molecule has 0 radical (unpaired) electrons. The highest BCUT2D eigenvalue weighted by atomic mass is 79.9. The van der Waals surface area contributed by atoms with Crippen LogP contribution in [0.4, 0.5) is 0 Å². The third-order valence-electron chi connectivity index (χ3n) is 2.47. The summed E-state index contributed by atoms with van der Waals surface area (Å²) in [6.07, 6.45) is 1.73. The van der Waals surface area contributed by atoms with E-state index in [0.29, 0.717) is 16.8 Å².